The van der Waals surface area contributed by atoms with E-state index in [-0.39, 0.29) is 13.2 Å². The van der Waals surface area contributed by atoms with Crippen molar-refractivity contribution < 1.29 is 19.1 Å². The number of fused-ring (bicyclic) bond motifs is 1. The predicted octanol–water partition coefficient (Wildman–Crippen LogP) is 1.46. The minimum Gasteiger partial charge on any atom is -0.461 e. The van der Waals surface area contributed by atoms with Gasteiger partial charge in [-0.25, -0.2) is 9.59 Å². The minimum atomic E-state index is -0.837. The zero-order valence-electron chi connectivity index (χ0n) is 12.3. The summed E-state index contributed by atoms with van der Waals surface area (Å²) < 4.78 is 9.58. The molecule has 1 heterocycles. The first kappa shape index (κ1) is 15.5. The number of nitrogens with one attached hydrogen (secondary N) is 2. The van der Waals surface area contributed by atoms with Crippen molar-refractivity contribution in [2.75, 3.05) is 18.6 Å². The Morgan fingerprint density at radius 2 is 1.91 bits per heavy atom. The summed E-state index contributed by atoms with van der Waals surface area (Å²) in [6, 6.07) is 5.32. The van der Waals surface area contributed by atoms with Crippen LogP contribution in [0, 0.1) is 0 Å². The fraction of sp³-hybridized carbons (Fsp3) is 0.286. The summed E-state index contributed by atoms with van der Waals surface area (Å²) in [6.07, 6.45) is 1.69. The molecule has 0 spiro atoms. The highest BCUT2D eigenvalue weighted by atomic mass is 16.6. The molecule has 0 atom stereocenters. The van der Waals surface area contributed by atoms with Gasteiger partial charge in [-0.15, -0.1) is 0 Å². The van der Waals surface area contributed by atoms with Crippen molar-refractivity contribution in [1.82, 2.24) is 10.2 Å². The molecule has 8 nitrogen and oxygen atoms in total. The van der Waals surface area contributed by atoms with E-state index in [1.165, 1.54) is 0 Å². The van der Waals surface area contributed by atoms with Gasteiger partial charge in [-0.2, -0.15) is 10.2 Å². The average molecular weight is 304 g/mol. The van der Waals surface area contributed by atoms with E-state index < -0.39 is 17.7 Å². The summed E-state index contributed by atoms with van der Waals surface area (Å²) in [5.74, 6) is -1.67. The minimum absolute atomic E-state index is 0.136. The third-order valence-electron chi connectivity index (χ3n) is 2.68. The number of rotatable bonds is 6. The molecule has 1 aromatic carbocycles. The zero-order chi connectivity index (χ0) is 15.9. The lowest BCUT2D eigenvalue weighted by atomic mass is 10.2. The van der Waals surface area contributed by atoms with Crippen LogP contribution in [-0.4, -0.2) is 41.1 Å². The average Bonchev–Trinajstić information content (AvgIpc) is 2.95. The van der Waals surface area contributed by atoms with E-state index in [1.54, 1.807) is 32.2 Å². The van der Waals surface area contributed by atoms with Crippen LogP contribution in [0.3, 0.4) is 0 Å². The molecule has 0 aliphatic rings. The summed E-state index contributed by atoms with van der Waals surface area (Å²) in [5.41, 5.74) is 3.59. The molecule has 116 valence electrons. The number of carbonyl (C=O) groups is 2. The van der Waals surface area contributed by atoms with Gasteiger partial charge in [-0.1, -0.05) is 0 Å². The Kier molecular flexibility index (Phi) is 5.07. The molecule has 0 aliphatic carbocycles. The number of benzene rings is 1. The highest BCUT2D eigenvalue weighted by molar-refractivity contribution is 6.62. The molecule has 2 aromatic rings. The standard InChI is InChI=1S/C14H16N4O4/c1-3-21-13(19)12(14(20)22-4-2)18-16-10-6-5-9-8-15-17-11(9)7-10/h5-8,16H,3-4H2,1-2H3,(H,15,17). The molecule has 0 fully saturated rings. The smallest absolute Gasteiger partial charge is 0.366 e. The molecule has 0 bridgehead atoms. The third-order valence-corrected chi connectivity index (χ3v) is 2.68. The summed E-state index contributed by atoms with van der Waals surface area (Å²) in [6.45, 7) is 3.55. The number of aromatic nitrogens is 2. The third kappa shape index (κ3) is 3.60. The van der Waals surface area contributed by atoms with Gasteiger partial charge in [-0.3, -0.25) is 10.5 Å². The fourth-order valence-corrected chi connectivity index (χ4v) is 1.70. The number of H-pyrrole nitrogens is 1. The number of anilines is 1. The Balaban J connectivity index is 2.20. The number of ether oxygens (including phenoxy) is 2. The van der Waals surface area contributed by atoms with Crippen LogP contribution in [0.25, 0.3) is 10.9 Å². The highest BCUT2D eigenvalue weighted by Crippen LogP contribution is 2.16. The van der Waals surface area contributed by atoms with Gasteiger partial charge in [0.1, 0.15) is 0 Å². The van der Waals surface area contributed by atoms with Gasteiger partial charge in [-0.05, 0) is 32.0 Å². The second-order valence-corrected chi connectivity index (χ2v) is 4.19. The molecule has 0 aliphatic heterocycles. The molecule has 1 aromatic heterocycles. The van der Waals surface area contributed by atoms with E-state index in [0.717, 1.165) is 10.9 Å². The van der Waals surface area contributed by atoms with Gasteiger partial charge in [0.25, 0.3) is 5.71 Å². The number of nitrogens with zero attached hydrogens (tertiary/aromatic N) is 2. The van der Waals surface area contributed by atoms with Crippen molar-refractivity contribution >= 4 is 34.2 Å². The van der Waals surface area contributed by atoms with Gasteiger partial charge in [0.15, 0.2) is 0 Å². The molecule has 0 amide bonds. The van der Waals surface area contributed by atoms with Gasteiger partial charge in [0.05, 0.1) is 30.6 Å². The largest absolute Gasteiger partial charge is 0.461 e. The summed E-state index contributed by atoms with van der Waals surface area (Å²) in [4.78, 5) is 23.5. The van der Waals surface area contributed by atoms with Crippen LogP contribution in [0.1, 0.15) is 13.8 Å². The van der Waals surface area contributed by atoms with E-state index in [4.69, 9.17) is 9.47 Å². The molecule has 2 N–H and O–H groups in total. The summed E-state index contributed by atoms with van der Waals surface area (Å²) in [7, 11) is 0. The van der Waals surface area contributed by atoms with Gasteiger partial charge in [0, 0.05) is 5.39 Å². The van der Waals surface area contributed by atoms with Crippen molar-refractivity contribution in [1.29, 1.82) is 0 Å². The second-order valence-electron chi connectivity index (χ2n) is 4.19. The highest BCUT2D eigenvalue weighted by Gasteiger charge is 2.23. The lowest BCUT2D eigenvalue weighted by molar-refractivity contribution is -0.140. The number of carbonyl (C=O) groups excluding carboxylic acids is 2. The van der Waals surface area contributed by atoms with Gasteiger partial charge >= 0.3 is 11.9 Å². The van der Waals surface area contributed by atoms with Crippen LogP contribution in [-0.2, 0) is 19.1 Å². The first-order valence-electron chi connectivity index (χ1n) is 6.76. The lowest BCUT2D eigenvalue weighted by Gasteiger charge is -2.06. The Hall–Kier alpha value is -2.90. The Morgan fingerprint density at radius 1 is 1.23 bits per heavy atom. The van der Waals surface area contributed by atoms with E-state index in [0.29, 0.717) is 5.69 Å². The SMILES string of the molecule is CCOC(=O)C(=NNc1ccc2cn[nH]c2c1)C(=O)OCC. The van der Waals surface area contributed by atoms with Crippen LogP contribution < -0.4 is 5.43 Å². The Bertz CT molecular complexity index is 688. The number of hydrazone groups is 1. The van der Waals surface area contributed by atoms with Crippen LogP contribution in [0.2, 0.25) is 0 Å². The van der Waals surface area contributed by atoms with E-state index in [2.05, 4.69) is 20.7 Å². The van der Waals surface area contributed by atoms with Gasteiger partial charge < -0.3 is 9.47 Å². The normalized spacial score (nSPS) is 10.1. The molecule has 0 radical (unpaired) electrons. The van der Waals surface area contributed by atoms with Crippen molar-refractivity contribution in [3.63, 3.8) is 0 Å². The summed E-state index contributed by atoms with van der Waals surface area (Å²) >= 11 is 0. The molecule has 8 heteroatoms. The van der Waals surface area contributed by atoms with Gasteiger partial charge in [0.2, 0.25) is 0 Å². The second kappa shape index (κ2) is 7.21. The number of hydrogen-bond acceptors (Lipinski definition) is 7. The Labute approximate surface area is 126 Å². The first-order valence-corrected chi connectivity index (χ1v) is 6.76. The molecular formula is C14H16N4O4. The molecule has 0 unspecified atom stereocenters. The quantitative estimate of drug-likeness (QED) is 0.362. The maximum atomic E-state index is 11.7. The first-order chi connectivity index (χ1) is 10.7. The Morgan fingerprint density at radius 3 is 2.55 bits per heavy atom. The van der Waals surface area contributed by atoms with Crippen molar-refractivity contribution in [3.05, 3.63) is 24.4 Å². The van der Waals surface area contributed by atoms with E-state index in [9.17, 15) is 9.59 Å². The maximum absolute atomic E-state index is 11.7. The maximum Gasteiger partial charge on any atom is 0.366 e. The van der Waals surface area contributed by atoms with Crippen LogP contribution in [0.5, 0.6) is 0 Å². The molecule has 0 saturated carbocycles. The van der Waals surface area contributed by atoms with Crippen molar-refractivity contribution in [2.45, 2.75) is 13.8 Å². The van der Waals surface area contributed by atoms with Crippen molar-refractivity contribution in [2.24, 2.45) is 5.10 Å². The molecular weight excluding hydrogens is 288 g/mol. The lowest BCUT2D eigenvalue weighted by Crippen LogP contribution is -2.29. The van der Waals surface area contributed by atoms with Crippen LogP contribution in [0.4, 0.5) is 5.69 Å². The molecule has 2 rings (SSSR count). The van der Waals surface area contributed by atoms with E-state index in [1.807, 2.05) is 6.07 Å². The topological polar surface area (TPSA) is 106 Å². The number of aromatic amines is 1. The van der Waals surface area contributed by atoms with Crippen LogP contribution in [0.15, 0.2) is 29.5 Å². The fourth-order valence-electron chi connectivity index (χ4n) is 1.70. The monoisotopic (exact) mass is 304 g/mol. The summed E-state index contributed by atoms with van der Waals surface area (Å²) in [5, 5.41) is 11.5. The molecule has 22 heavy (non-hydrogen) atoms. The number of esters is 2. The van der Waals surface area contributed by atoms with Crippen molar-refractivity contribution in [3.8, 4) is 0 Å². The van der Waals surface area contributed by atoms with E-state index >= 15 is 0 Å². The number of hydrogen-bond donors (Lipinski definition) is 2. The predicted molar refractivity (Wildman–Crippen MR) is 80.4 cm³/mol. The zero-order valence-corrected chi connectivity index (χ0v) is 12.3. The van der Waals surface area contributed by atoms with Crippen LogP contribution >= 0.6 is 0 Å². The molecule has 0 saturated heterocycles.